The summed E-state index contributed by atoms with van der Waals surface area (Å²) in [6, 6.07) is 7.58. The maximum Gasteiger partial charge on any atom is 0.237 e. The van der Waals surface area contributed by atoms with Gasteiger partial charge in [-0.3, -0.25) is 14.6 Å². The van der Waals surface area contributed by atoms with E-state index in [1.807, 2.05) is 31.2 Å². The van der Waals surface area contributed by atoms with Gasteiger partial charge in [0.1, 0.15) is 5.75 Å². The number of rotatable bonds is 6. The van der Waals surface area contributed by atoms with Gasteiger partial charge in [-0.2, -0.15) is 0 Å². The van der Waals surface area contributed by atoms with Crippen molar-refractivity contribution < 1.29 is 9.53 Å². The van der Waals surface area contributed by atoms with E-state index in [2.05, 4.69) is 21.0 Å². The van der Waals surface area contributed by atoms with Crippen molar-refractivity contribution in [3.05, 3.63) is 29.8 Å². The second-order valence-electron chi connectivity index (χ2n) is 5.72. The fourth-order valence-corrected chi connectivity index (χ4v) is 2.78. The first-order valence-electron chi connectivity index (χ1n) is 7.95. The molecule has 1 aliphatic heterocycles. The molecule has 23 heavy (non-hydrogen) atoms. The van der Waals surface area contributed by atoms with Crippen molar-refractivity contribution in [2.75, 3.05) is 39.8 Å². The summed E-state index contributed by atoms with van der Waals surface area (Å²) in [7, 11) is 1.64. The molecule has 124 valence electrons. The Kier molecular flexibility index (Phi) is 6.45. The molecule has 1 aromatic carbocycles. The Morgan fingerprint density at radius 3 is 2.70 bits per heavy atom. The number of nitrogens with one attached hydrogen (secondary N) is 1. The molecule has 1 fully saturated rings. The lowest BCUT2D eigenvalue weighted by molar-refractivity contribution is -0.126. The molecule has 0 aliphatic carbocycles. The van der Waals surface area contributed by atoms with Gasteiger partial charge in [0.2, 0.25) is 5.91 Å². The largest absolute Gasteiger partial charge is 0.496 e. The van der Waals surface area contributed by atoms with Gasteiger partial charge in [-0.1, -0.05) is 24.1 Å². The van der Waals surface area contributed by atoms with Gasteiger partial charge in [0.15, 0.2) is 0 Å². The summed E-state index contributed by atoms with van der Waals surface area (Å²) < 4.78 is 5.31. The number of piperazine rings is 1. The van der Waals surface area contributed by atoms with Crippen molar-refractivity contribution in [1.29, 1.82) is 0 Å². The van der Waals surface area contributed by atoms with Crippen LogP contribution in [0.1, 0.15) is 12.5 Å². The number of carbonyl (C=O) groups is 1. The van der Waals surface area contributed by atoms with Gasteiger partial charge in [-0.15, -0.1) is 6.42 Å². The van der Waals surface area contributed by atoms with Crippen LogP contribution < -0.4 is 10.1 Å². The first kappa shape index (κ1) is 17.3. The lowest BCUT2D eigenvalue weighted by Gasteiger charge is -2.36. The van der Waals surface area contributed by atoms with E-state index in [9.17, 15) is 4.79 Å². The normalized spacial score (nSPS) is 17.3. The van der Waals surface area contributed by atoms with Crippen molar-refractivity contribution in [1.82, 2.24) is 15.1 Å². The molecule has 1 amide bonds. The van der Waals surface area contributed by atoms with Crippen molar-refractivity contribution in [2.45, 2.75) is 19.5 Å². The standard InChI is InChI=1S/C18H25N3O2/c1-4-9-20-10-12-21(13-11-20)15(2)18(22)19-14-16-7-5-6-8-17(16)23-3/h1,5-8,15H,9-14H2,2-3H3,(H,19,22)/t15-/m1/s1. The van der Waals surface area contributed by atoms with Crippen LogP contribution in [-0.2, 0) is 11.3 Å². The minimum Gasteiger partial charge on any atom is -0.496 e. The third-order valence-electron chi connectivity index (χ3n) is 4.29. The summed E-state index contributed by atoms with van der Waals surface area (Å²) in [5, 5.41) is 3.00. The molecule has 1 aromatic rings. The first-order chi connectivity index (χ1) is 11.2. The van der Waals surface area contributed by atoms with Gasteiger partial charge in [-0.25, -0.2) is 0 Å². The fraction of sp³-hybridized carbons (Fsp3) is 0.500. The number of para-hydroxylation sites is 1. The minimum absolute atomic E-state index is 0.0429. The van der Waals surface area contributed by atoms with Crippen LogP contribution >= 0.6 is 0 Å². The fourth-order valence-electron chi connectivity index (χ4n) is 2.78. The highest BCUT2D eigenvalue weighted by Crippen LogP contribution is 2.17. The monoisotopic (exact) mass is 315 g/mol. The van der Waals surface area contributed by atoms with Crippen LogP contribution in [0.15, 0.2) is 24.3 Å². The summed E-state index contributed by atoms with van der Waals surface area (Å²) in [6.07, 6.45) is 5.34. The second kappa shape index (κ2) is 8.56. The molecule has 0 bridgehead atoms. The smallest absolute Gasteiger partial charge is 0.237 e. The Morgan fingerprint density at radius 1 is 1.35 bits per heavy atom. The predicted octanol–water partition coefficient (Wildman–Crippen LogP) is 0.951. The number of methoxy groups -OCH3 is 1. The molecule has 0 spiro atoms. The quantitative estimate of drug-likeness (QED) is 0.794. The molecule has 5 heteroatoms. The molecule has 0 aromatic heterocycles. The third kappa shape index (κ3) is 4.72. The van der Waals surface area contributed by atoms with Crippen LogP contribution in [0.5, 0.6) is 5.75 Å². The van der Waals surface area contributed by atoms with E-state index in [1.54, 1.807) is 7.11 Å². The number of benzene rings is 1. The number of amides is 1. The van der Waals surface area contributed by atoms with Crippen molar-refractivity contribution >= 4 is 5.91 Å². The van der Waals surface area contributed by atoms with Gasteiger partial charge >= 0.3 is 0 Å². The van der Waals surface area contributed by atoms with E-state index in [0.29, 0.717) is 13.1 Å². The van der Waals surface area contributed by atoms with Gasteiger partial charge in [-0.05, 0) is 13.0 Å². The lowest BCUT2D eigenvalue weighted by atomic mass is 10.1. The maximum atomic E-state index is 12.4. The Labute approximate surface area is 138 Å². The van der Waals surface area contributed by atoms with E-state index < -0.39 is 0 Å². The van der Waals surface area contributed by atoms with Gasteiger partial charge in [0, 0.05) is 38.3 Å². The lowest BCUT2D eigenvalue weighted by Crippen LogP contribution is -2.53. The second-order valence-corrected chi connectivity index (χ2v) is 5.72. The summed E-state index contributed by atoms with van der Waals surface area (Å²) in [5.74, 6) is 3.51. The zero-order valence-electron chi connectivity index (χ0n) is 13.9. The van der Waals surface area contributed by atoms with Crippen LogP contribution in [0.4, 0.5) is 0 Å². The minimum atomic E-state index is -0.141. The van der Waals surface area contributed by atoms with Crippen LogP contribution in [0.3, 0.4) is 0 Å². The molecule has 2 rings (SSSR count). The predicted molar refractivity (Wildman–Crippen MR) is 91.1 cm³/mol. The van der Waals surface area contributed by atoms with E-state index >= 15 is 0 Å². The molecule has 0 radical (unpaired) electrons. The Morgan fingerprint density at radius 2 is 2.04 bits per heavy atom. The Balaban J connectivity index is 1.83. The van der Waals surface area contributed by atoms with Crippen molar-refractivity contribution in [2.24, 2.45) is 0 Å². The highest BCUT2D eigenvalue weighted by atomic mass is 16.5. The van der Waals surface area contributed by atoms with E-state index in [0.717, 1.165) is 37.5 Å². The molecule has 1 saturated heterocycles. The van der Waals surface area contributed by atoms with E-state index in [1.165, 1.54) is 0 Å². The number of hydrogen-bond acceptors (Lipinski definition) is 4. The van der Waals surface area contributed by atoms with Gasteiger partial charge < -0.3 is 10.1 Å². The molecule has 0 saturated carbocycles. The van der Waals surface area contributed by atoms with E-state index in [-0.39, 0.29) is 11.9 Å². The molecule has 1 N–H and O–H groups in total. The summed E-state index contributed by atoms with van der Waals surface area (Å²) >= 11 is 0. The van der Waals surface area contributed by atoms with Crippen LogP contribution in [0.25, 0.3) is 0 Å². The average molecular weight is 315 g/mol. The summed E-state index contributed by atoms with van der Waals surface area (Å²) in [5.41, 5.74) is 0.981. The summed E-state index contributed by atoms with van der Waals surface area (Å²) in [4.78, 5) is 16.8. The number of hydrogen-bond donors (Lipinski definition) is 1. The maximum absolute atomic E-state index is 12.4. The molecule has 0 unspecified atom stereocenters. The number of terminal acetylenes is 1. The Bertz CT molecular complexity index is 560. The molecule has 5 nitrogen and oxygen atoms in total. The molecule has 1 atom stereocenters. The number of ether oxygens (including phenoxy) is 1. The van der Waals surface area contributed by atoms with E-state index in [4.69, 9.17) is 11.2 Å². The molecule has 1 heterocycles. The molecular weight excluding hydrogens is 290 g/mol. The van der Waals surface area contributed by atoms with Crippen molar-refractivity contribution in [3.8, 4) is 18.1 Å². The summed E-state index contributed by atoms with van der Waals surface area (Å²) in [6.45, 7) is 6.67. The van der Waals surface area contributed by atoms with Crippen LogP contribution in [-0.4, -0.2) is 61.6 Å². The molecule has 1 aliphatic rings. The zero-order chi connectivity index (χ0) is 16.7. The van der Waals surface area contributed by atoms with Gasteiger partial charge in [0.05, 0.1) is 19.7 Å². The van der Waals surface area contributed by atoms with Crippen LogP contribution in [0.2, 0.25) is 0 Å². The van der Waals surface area contributed by atoms with Gasteiger partial charge in [0.25, 0.3) is 0 Å². The third-order valence-corrected chi connectivity index (χ3v) is 4.29. The first-order valence-corrected chi connectivity index (χ1v) is 7.95. The van der Waals surface area contributed by atoms with Crippen molar-refractivity contribution in [3.63, 3.8) is 0 Å². The SMILES string of the molecule is C#CCN1CCN([C@H](C)C(=O)NCc2ccccc2OC)CC1. The average Bonchev–Trinajstić information content (AvgIpc) is 2.60. The zero-order valence-corrected chi connectivity index (χ0v) is 13.9. The van der Waals surface area contributed by atoms with Crippen LogP contribution in [0, 0.1) is 12.3 Å². The topological polar surface area (TPSA) is 44.8 Å². The number of nitrogens with zero attached hydrogens (tertiary/aromatic N) is 2. The number of carbonyl (C=O) groups excluding carboxylic acids is 1. The highest BCUT2D eigenvalue weighted by molar-refractivity contribution is 5.81. The molecular formula is C18H25N3O2. The highest BCUT2D eigenvalue weighted by Gasteiger charge is 2.25. The Hall–Kier alpha value is -2.03.